The summed E-state index contributed by atoms with van der Waals surface area (Å²) >= 11 is 0. The highest BCUT2D eigenvalue weighted by Gasteiger charge is 2.06. The van der Waals surface area contributed by atoms with Gasteiger partial charge < -0.3 is 0 Å². The lowest BCUT2D eigenvalue weighted by Crippen LogP contribution is -2.21. The van der Waals surface area contributed by atoms with Crippen molar-refractivity contribution in [3.8, 4) is 11.1 Å². The summed E-state index contributed by atoms with van der Waals surface area (Å²) in [7, 11) is 1.89. The highest BCUT2D eigenvalue weighted by Crippen LogP contribution is 2.19. The zero-order valence-electron chi connectivity index (χ0n) is 13.1. The largest absolute Gasteiger partial charge is 0.293 e. The Morgan fingerprint density at radius 2 is 1.88 bits per heavy atom. The molecule has 4 rings (SSSR count). The number of aryl methyl sites for hydroxylation is 1. The first-order valence-corrected chi connectivity index (χ1v) is 7.59. The number of aromatic nitrogens is 5. The molecule has 6 heteroatoms. The van der Waals surface area contributed by atoms with Crippen LogP contribution in [0.2, 0.25) is 0 Å². The SMILES string of the molecule is Cn1cc(-c2ccc(Cn3cnc4cccnc4c3=O)cc2)cn1. The summed E-state index contributed by atoms with van der Waals surface area (Å²) in [5.74, 6) is 0. The maximum atomic E-state index is 12.5. The van der Waals surface area contributed by atoms with Crippen LogP contribution in [-0.4, -0.2) is 24.3 Å². The Balaban J connectivity index is 1.64. The molecule has 6 nitrogen and oxygen atoms in total. The molecule has 0 fully saturated rings. The van der Waals surface area contributed by atoms with Gasteiger partial charge in [0.05, 0.1) is 24.6 Å². The Morgan fingerprint density at radius 1 is 1.04 bits per heavy atom. The average molecular weight is 317 g/mol. The molecule has 0 unspecified atom stereocenters. The van der Waals surface area contributed by atoms with Crippen LogP contribution in [0.4, 0.5) is 0 Å². The summed E-state index contributed by atoms with van der Waals surface area (Å²) in [5.41, 5.74) is 4.08. The van der Waals surface area contributed by atoms with Gasteiger partial charge in [0.1, 0.15) is 0 Å². The third-order valence-corrected chi connectivity index (χ3v) is 3.93. The number of pyridine rings is 1. The molecule has 4 aromatic rings. The second-order valence-corrected chi connectivity index (χ2v) is 5.65. The van der Waals surface area contributed by atoms with E-state index in [1.165, 1.54) is 0 Å². The van der Waals surface area contributed by atoms with Crippen molar-refractivity contribution < 1.29 is 0 Å². The first kappa shape index (κ1) is 14.3. The van der Waals surface area contributed by atoms with Crippen molar-refractivity contribution in [2.24, 2.45) is 7.05 Å². The maximum Gasteiger partial charge on any atom is 0.280 e. The number of fused-ring (bicyclic) bond motifs is 1. The fourth-order valence-electron chi connectivity index (χ4n) is 2.67. The molecular weight excluding hydrogens is 302 g/mol. The Morgan fingerprint density at radius 3 is 2.62 bits per heavy atom. The van der Waals surface area contributed by atoms with Crippen molar-refractivity contribution in [2.45, 2.75) is 6.54 Å². The van der Waals surface area contributed by atoms with E-state index in [-0.39, 0.29) is 5.56 Å². The molecule has 0 atom stereocenters. The normalized spacial score (nSPS) is 11.0. The third-order valence-electron chi connectivity index (χ3n) is 3.93. The lowest BCUT2D eigenvalue weighted by atomic mass is 10.1. The molecule has 3 heterocycles. The van der Waals surface area contributed by atoms with Crippen LogP contribution in [0.1, 0.15) is 5.56 Å². The Labute approximate surface area is 138 Å². The van der Waals surface area contributed by atoms with Crippen molar-refractivity contribution in [3.63, 3.8) is 0 Å². The highest BCUT2D eigenvalue weighted by molar-refractivity contribution is 5.72. The monoisotopic (exact) mass is 317 g/mol. The van der Waals surface area contributed by atoms with Gasteiger partial charge in [-0.2, -0.15) is 5.10 Å². The van der Waals surface area contributed by atoms with Crippen molar-refractivity contribution in [3.05, 3.63) is 77.2 Å². The van der Waals surface area contributed by atoms with Crippen LogP contribution in [0.5, 0.6) is 0 Å². The minimum Gasteiger partial charge on any atom is -0.293 e. The van der Waals surface area contributed by atoms with E-state index in [1.807, 2.05) is 43.7 Å². The number of hydrogen-bond acceptors (Lipinski definition) is 4. The summed E-state index contributed by atoms with van der Waals surface area (Å²) in [6.45, 7) is 0.464. The van der Waals surface area contributed by atoms with Crippen LogP contribution in [-0.2, 0) is 13.6 Å². The molecule has 0 radical (unpaired) electrons. The summed E-state index contributed by atoms with van der Waals surface area (Å²) < 4.78 is 3.35. The van der Waals surface area contributed by atoms with Gasteiger partial charge in [-0.05, 0) is 23.3 Å². The predicted octanol–water partition coefficient (Wildman–Crippen LogP) is 2.24. The maximum absolute atomic E-state index is 12.5. The first-order valence-electron chi connectivity index (χ1n) is 7.59. The zero-order chi connectivity index (χ0) is 16.5. The van der Waals surface area contributed by atoms with Gasteiger partial charge in [0, 0.05) is 25.0 Å². The number of benzene rings is 1. The van der Waals surface area contributed by atoms with E-state index in [1.54, 1.807) is 33.9 Å². The van der Waals surface area contributed by atoms with Gasteiger partial charge in [0.2, 0.25) is 0 Å². The molecule has 0 saturated carbocycles. The molecular formula is C18H15N5O. The van der Waals surface area contributed by atoms with Gasteiger partial charge in [-0.3, -0.25) is 14.0 Å². The summed E-state index contributed by atoms with van der Waals surface area (Å²) in [4.78, 5) is 20.9. The molecule has 0 bridgehead atoms. The molecule has 24 heavy (non-hydrogen) atoms. The lowest BCUT2D eigenvalue weighted by molar-refractivity contribution is 0.746. The Kier molecular flexibility index (Phi) is 3.42. The molecule has 118 valence electrons. The van der Waals surface area contributed by atoms with Crippen LogP contribution >= 0.6 is 0 Å². The number of rotatable bonds is 3. The molecule has 0 aliphatic heterocycles. The molecule has 0 spiro atoms. The molecule has 0 aliphatic carbocycles. The molecule has 0 saturated heterocycles. The summed E-state index contributed by atoms with van der Waals surface area (Å²) in [6, 6.07) is 11.6. The predicted molar refractivity (Wildman–Crippen MR) is 91.5 cm³/mol. The van der Waals surface area contributed by atoms with Crippen LogP contribution in [0.15, 0.2) is 66.1 Å². The first-order chi connectivity index (χ1) is 11.7. The van der Waals surface area contributed by atoms with E-state index in [9.17, 15) is 4.79 Å². The number of hydrogen-bond donors (Lipinski definition) is 0. The Hall–Kier alpha value is -3.28. The fraction of sp³-hybridized carbons (Fsp3) is 0.111. The standard InChI is InChI=1S/C18H15N5O/c1-22-11-15(9-21-22)14-6-4-13(5-7-14)10-23-12-20-16-3-2-8-19-17(16)18(23)24/h2-9,11-12H,10H2,1H3. The minimum atomic E-state index is -0.128. The molecule has 0 amide bonds. The zero-order valence-corrected chi connectivity index (χ0v) is 13.1. The van der Waals surface area contributed by atoms with Gasteiger partial charge >= 0.3 is 0 Å². The van der Waals surface area contributed by atoms with Crippen LogP contribution < -0.4 is 5.56 Å². The molecule has 0 aliphatic rings. The Bertz CT molecular complexity index is 1060. The number of nitrogens with zero attached hydrogens (tertiary/aromatic N) is 5. The quantitative estimate of drug-likeness (QED) is 0.581. The summed E-state index contributed by atoms with van der Waals surface area (Å²) in [6.07, 6.45) is 6.98. The van der Waals surface area contributed by atoms with E-state index in [4.69, 9.17) is 0 Å². The van der Waals surface area contributed by atoms with Gasteiger partial charge in [-0.1, -0.05) is 24.3 Å². The molecule has 1 aromatic carbocycles. The average Bonchev–Trinajstić information content (AvgIpc) is 3.05. The van der Waals surface area contributed by atoms with E-state index < -0.39 is 0 Å². The van der Waals surface area contributed by atoms with Crippen molar-refractivity contribution >= 4 is 11.0 Å². The van der Waals surface area contributed by atoms with E-state index in [0.717, 1.165) is 16.7 Å². The van der Waals surface area contributed by atoms with Gasteiger partial charge in [-0.25, -0.2) is 9.97 Å². The van der Waals surface area contributed by atoms with Crippen LogP contribution in [0, 0.1) is 0 Å². The lowest BCUT2D eigenvalue weighted by Gasteiger charge is -2.07. The smallest absolute Gasteiger partial charge is 0.280 e. The van der Waals surface area contributed by atoms with Crippen molar-refractivity contribution in [1.29, 1.82) is 0 Å². The third kappa shape index (κ3) is 2.58. The second kappa shape index (κ2) is 5.73. The van der Waals surface area contributed by atoms with Gasteiger partial charge in [0.15, 0.2) is 5.52 Å². The molecule has 0 N–H and O–H groups in total. The minimum absolute atomic E-state index is 0.128. The van der Waals surface area contributed by atoms with Crippen molar-refractivity contribution in [2.75, 3.05) is 0 Å². The summed E-state index contributed by atoms with van der Waals surface area (Å²) in [5, 5.41) is 4.18. The van der Waals surface area contributed by atoms with Gasteiger partial charge in [0.25, 0.3) is 5.56 Å². The van der Waals surface area contributed by atoms with Crippen LogP contribution in [0.25, 0.3) is 22.2 Å². The fourth-order valence-corrected chi connectivity index (χ4v) is 2.67. The van der Waals surface area contributed by atoms with E-state index in [0.29, 0.717) is 17.6 Å². The second-order valence-electron chi connectivity index (χ2n) is 5.65. The molecule has 3 aromatic heterocycles. The van der Waals surface area contributed by atoms with E-state index in [2.05, 4.69) is 15.1 Å². The highest BCUT2D eigenvalue weighted by atomic mass is 16.1. The van der Waals surface area contributed by atoms with E-state index >= 15 is 0 Å². The topological polar surface area (TPSA) is 65.6 Å². The van der Waals surface area contributed by atoms with Crippen LogP contribution in [0.3, 0.4) is 0 Å². The van der Waals surface area contributed by atoms with Crippen molar-refractivity contribution in [1.82, 2.24) is 24.3 Å². The van der Waals surface area contributed by atoms with Gasteiger partial charge in [-0.15, -0.1) is 0 Å².